The highest BCUT2D eigenvalue weighted by Crippen LogP contribution is 2.59. The number of nitrogens with two attached hydrogens (primary N) is 1. The fourth-order valence-corrected chi connectivity index (χ4v) is 13.1. The summed E-state index contributed by atoms with van der Waals surface area (Å²) in [4.78, 5) is 158. The first kappa shape index (κ1) is 63.1. The van der Waals surface area contributed by atoms with Crippen molar-refractivity contribution in [1.82, 2.24) is 40.9 Å². The molecule has 5 aliphatic rings. The van der Waals surface area contributed by atoms with Gasteiger partial charge >= 0.3 is 25.4 Å². The molecule has 0 aliphatic carbocycles. The molecule has 3 unspecified atom stereocenters. The standard InChI is InChI=1S/C57H60F4N9O15PS/c1-29(63-50(74)43-14-12-35-19-21-68(56(80)84-2)27-41(54(78)70(35)43)65-51(75)46-25-33-24-34(11-16-45(33)87-46)57(60,61)86(81,82)83)48(72)64-40(23-30-10-13-38(58)39(59)22-30)53(77)67-20-18-32(44(28-67)85-55(62)79)7-4-3-6-31-8-5-9-36-37(31)26-69(52(36)76)42-15-17-47(71)66-49(42)73/h5,8-11,13,16,22,24-25,29,32,35,40-44H,4,7,12,14-15,17-21,23,26-28H2,1-2H3,(H2,62,79)(H,63,74)(H,64,72)(H,65,75)(H,66,71,73)(H2,81,82,83)/t29-,32?,35+,40-,41-,42?,43-,44?/m0/s1. The maximum atomic E-state index is 14.6. The summed E-state index contributed by atoms with van der Waals surface area (Å²) >= 11 is 0.817. The van der Waals surface area contributed by atoms with Gasteiger partial charge in [-0.1, -0.05) is 30.0 Å². The maximum absolute atomic E-state index is 14.6. The summed E-state index contributed by atoms with van der Waals surface area (Å²) in [5.74, 6) is -2.02. The number of fused-ring (bicyclic) bond motifs is 3. The zero-order valence-electron chi connectivity index (χ0n) is 46.7. The maximum Gasteiger partial charge on any atom is 0.409 e. The summed E-state index contributed by atoms with van der Waals surface area (Å²) in [7, 11) is -4.81. The predicted octanol–water partition coefficient (Wildman–Crippen LogP) is 3.47. The quantitative estimate of drug-likeness (QED) is 0.0388. The fourth-order valence-electron chi connectivity index (χ4n) is 11.7. The molecule has 4 aromatic rings. The van der Waals surface area contributed by atoms with Crippen molar-refractivity contribution in [3.05, 3.63) is 105 Å². The van der Waals surface area contributed by atoms with Crippen molar-refractivity contribution < 1.29 is 89.3 Å². The number of halogens is 4. The molecule has 5 aliphatic heterocycles. The lowest BCUT2D eigenvalue weighted by molar-refractivity contribution is -0.144. The minimum atomic E-state index is -5.93. The van der Waals surface area contributed by atoms with Gasteiger partial charge in [-0.15, -0.1) is 11.3 Å². The number of rotatable bonds is 15. The Morgan fingerprint density at radius 3 is 2.39 bits per heavy atom. The van der Waals surface area contributed by atoms with Crippen LogP contribution in [0.15, 0.2) is 60.7 Å². The van der Waals surface area contributed by atoms with Crippen molar-refractivity contribution in [3.8, 4) is 11.8 Å². The van der Waals surface area contributed by atoms with E-state index in [0.717, 1.165) is 48.8 Å². The zero-order valence-corrected chi connectivity index (χ0v) is 48.4. The van der Waals surface area contributed by atoms with Crippen molar-refractivity contribution in [2.75, 3.05) is 33.3 Å². The van der Waals surface area contributed by atoms with E-state index < -0.39 is 133 Å². The monoisotopic (exact) mass is 1250 g/mol. The van der Waals surface area contributed by atoms with Gasteiger partial charge in [0.15, 0.2) is 11.6 Å². The third-order valence-corrected chi connectivity index (χ3v) is 18.3. The number of amides is 10. The van der Waals surface area contributed by atoms with Gasteiger partial charge in [-0.3, -0.25) is 48.2 Å². The van der Waals surface area contributed by atoms with E-state index in [1.54, 1.807) is 18.2 Å². The van der Waals surface area contributed by atoms with E-state index in [4.69, 9.17) is 15.2 Å². The molecular formula is C57H60F4N9O15PS. The van der Waals surface area contributed by atoms with Crippen molar-refractivity contribution >= 4 is 88.5 Å². The average Bonchev–Trinajstić information content (AvgIpc) is 2.34. The SMILES string of the molecule is COC(=O)N1CC[C@H]2CC[C@@H](C(=O)N[C@@H](C)C(=O)N[C@@H](Cc3ccc(F)c(F)c3)C(=O)N3CCC(CCC#Cc4cccc5c4CN(C4CCC(=O)NC4=O)C5=O)C(OC(N)=O)C3)N2C(=O)[C@@H](NC(=O)c2cc3cc(C(F)(F)P(=O)(O)O)ccc3s2)C1. The van der Waals surface area contributed by atoms with Crippen molar-refractivity contribution in [3.63, 3.8) is 0 Å². The Morgan fingerprint density at radius 1 is 0.920 bits per heavy atom. The van der Waals surface area contributed by atoms with Crippen LogP contribution in [-0.2, 0) is 61.4 Å². The molecule has 1 aromatic heterocycles. The Kier molecular flexibility index (Phi) is 18.7. The van der Waals surface area contributed by atoms with Gasteiger partial charge in [0.25, 0.3) is 11.8 Å². The molecule has 87 heavy (non-hydrogen) atoms. The van der Waals surface area contributed by atoms with Crippen LogP contribution in [0.3, 0.4) is 0 Å². The van der Waals surface area contributed by atoms with Crippen LogP contribution in [0.1, 0.15) is 101 Å². The third kappa shape index (κ3) is 13.7. The second-order valence-electron chi connectivity index (χ2n) is 21.8. The number of alkyl halides is 2. The lowest BCUT2D eigenvalue weighted by Crippen LogP contribution is -2.62. The van der Waals surface area contributed by atoms with Gasteiger partial charge in [0, 0.05) is 72.2 Å². The summed E-state index contributed by atoms with van der Waals surface area (Å²) in [5, 5.41) is 10.1. The number of likely N-dealkylation sites (tertiary alicyclic amines) is 1. The number of carbonyl (C=O) groups excluding carboxylic acids is 10. The number of piperidine rings is 2. The molecule has 30 heteroatoms. The van der Waals surface area contributed by atoms with Crippen LogP contribution in [-0.4, -0.2) is 164 Å². The van der Waals surface area contributed by atoms with E-state index >= 15 is 0 Å². The number of ether oxygens (including phenoxy) is 2. The number of nitrogens with zero attached hydrogens (tertiary/aromatic N) is 4. The number of imide groups is 1. The molecule has 9 rings (SSSR count). The molecule has 0 radical (unpaired) electrons. The van der Waals surface area contributed by atoms with E-state index in [2.05, 4.69) is 33.1 Å². The third-order valence-electron chi connectivity index (χ3n) is 16.2. The van der Waals surface area contributed by atoms with Crippen LogP contribution >= 0.6 is 18.9 Å². The average molecular weight is 1250 g/mol. The first-order chi connectivity index (χ1) is 41.2. The molecule has 8 atom stereocenters. The molecule has 462 valence electrons. The molecule has 0 spiro atoms. The van der Waals surface area contributed by atoms with E-state index in [9.17, 15) is 79.9 Å². The summed E-state index contributed by atoms with van der Waals surface area (Å²) in [6, 6.07) is 4.77. The molecule has 4 fully saturated rings. The zero-order chi connectivity index (χ0) is 62.8. The lowest BCUT2D eigenvalue weighted by atomic mass is 9.88. The Bertz CT molecular complexity index is 3590. The van der Waals surface area contributed by atoms with Crippen molar-refractivity contribution in [2.24, 2.45) is 11.7 Å². The molecule has 8 N–H and O–H groups in total. The van der Waals surface area contributed by atoms with Gasteiger partial charge in [-0.05, 0) is 104 Å². The highest BCUT2D eigenvalue weighted by atomic mass is 32.1. The largest absolute Gasteiger partial charge is 0.453 e. The number of hydrogen-bond acceptors (Lipinski definition) is 14. The molecule has 4 saturated heterocycles. The number of primary amides is 1. The van der Waals surface area contributed by atoms with Crippen molar-refractivity contribution in [1.29, 1.82) is 0 Å². The number of thiophene rings is 1. The summed E-state index contributed by atoms with van der Waals surface area (Å²) in [6.45, 7) is 0.841. The van der Waals surface area contributed by atoms with Gasteiger partial charge in [0.1, 0.15) is 36.3 Å². The fraction of sp³-hybridized carbons (Fsp3) is 0.439. The Labute approximate surface area is 497 Å². The number of benzene rings is 3. The number of nitrogens with one attached hydrogen (secondary N) is 4. The molecule has 10 amide bonds. The van der Waals surface area contributed by atoms with Crippen LogP contribution in [0.5, 0.6) is 0 Å². The lowest BCUT2D eigenvalue weighted by Gasteiger charge is -2.39. The Morgan fingerprint density at radius 2 is 1.68 bits per heavy atom. The van der Waals surface area contributed by atoms with Crippen LogP contribution in [0, 0.1) is 29.4 Å². The first-order valence-corrected chi connectivity index (χ1v) is 30.1. The summed E-state index contributed by atoms with van der Waals surface area (Å²) in [5.41, 5.74) is 1.63. The topological polar surface area (TPSA) is 334 Å². The minimum Gasteiger partial charge on any atom is -0.453 e. The number of methoxy groups -OCH3 is 1. The number of hydrogen-bond donors (Lipinski definition) is 7. The Hall–Kier alpha value is -8.45. The van der Waals surface area contributed by atoms with E-state index in [1.807, 2.05) is 0 Å². The van der Waals surface area contributed by atoms with Gasteiger partial charge in [-0.2, -0.15) is 8.78 Å². The Balaban J connectivity index is 0.862. The van der Waals surface area contributed by atoms with Crippen LogP contribution < -0.4 is 27.0 Å². The van der Waals surface area contributed by atoms with Crippen molar-refractivity contribution in [2.45, 2.75) is 119 Å². The molecule has 24 nitrogen and oxygen atoms in total. The van der Waals surface area contributed by atoms with Gasteiger partial charge in [0.05, 0.1) is 25.1 Å². The summed E-state index contributed by atoms with van der Waals surface area (Å²) in [6.07, 6.45) is -1.69. The highest BCUT2D eigenvalue weighted by Gasteiger charge is 2.51. The molecule has 0 bridgehead atoms. The molecule has 3 aromatic carbocycles. The van der Waals surface area contributed by atoms with E-state index in [0.29, 0.717) is 23.1 Å². The molecule has 0 saturated carbocycles. The van der Waals surface area contributed by atoms with E-state index in [-0.39, 0.29) is 110 Å². The summed E-state index contributed by atoms with van der Waals surface area (Å²) < 4.78 is 80.2. The second kappa shape index (κ2) is 25.9. The molecular weight excluding hydrogens is 1190 g/mol. The van der Waals surface area contributed by atoms with Crippen LogP contribution in [0.4, 0.5) is 27.2 Å². The van der Waals surface area contributed by atoms with Gasteiger partial charge in [0.2, 0.25) is 35.4 Å². The first-order valence-electron chi connectivity index (χ1n) is 27.7. The normalized spacial score (nSPS) is 22.2. The van der Waals surface area contributed by atoms with Crippen LogP contribution in [0.25, 0.3) is 10.1 Å². The van der Waals surface area contributed by atoms with E-state index in [1.165, 1.54) is 38.7 Å². The van der Waals surface area contributed by atoms with Crippen LogP contribution in [0.2, 0.25) is 0 Å². The minimum absolute atomic E-state index is 0.00744. The second-order valence-corrected chi connectivity index (χ2v) is 24.5. The van der Waals surface area contributed by atoms with Gasteiger partial charge in [-0.25, -0.2) is 18.4 Å². The predicted molar refractivity (Wildman–Crippen MR) is 299 cm³/mol. The smallest absolute Gasteiger partial charge is 0.409 e. The number of carbonyl (C=O) groups is 10. The highest BCUT2D eigenvalue weighted by molar-refractivity contribution is 7.52. The molecule has 6 heterocycles. The van der Waals surface area contributed by atoms with Gasteiger partial charge < -0.3 is 60.5 Å².